The van der Waals surface area contributed by atoms with Crippen LogP contribution in [0, 0.1) is 0 Å². The van der Waals surface area contributed by atoms with Crippen LogP contribution in [0.4, 0.5) is 0 Å². The molecular formula is C14H10ClN3O2. The van der Waals surface area contributed by atoms with E-state index in [9.17, 15) is 4.79 Å². The highest BCUT2D eigenvalue weighted by atomic mass is 35.5. The lowest BCUT2D eigenvalue weighted by molar-refractivity contribution is 0.0601. The summed E-state index contributed by atoms with van der Waals surface area (Å²) < 4.78 is 6.35. The van der Waals surface area contributed by atoms with Gasteiger partial charge in [0.25, 0.3) is 0 Å². The molecule has 0 aliphatic heterocycles. The fraction of sp³-hybridized carbons (Fsp3) is 0.0714. The number of methoxy groups -OCH3 is 1. The number of benzene rings is 2. The maximum absolute atomic E-state index is 11.5. The molecule has 1 aromatic heterocycles. The molecule has 3 aromatic rings. The number of halogens is 1. The molecule has 0 saturated heterocycles. The van der Waals surface area contributed by atoms with Crippen LogP contribution >= 0.6 is 11.6 Å². The van der Waals surface area contributed by atoms with Crippen LogP contribution in [-0.2, 0) is 4.74 Å². The topological polar surface area (TPSA) is 57.0 Å². The quantitative estimate of drug-likeness (QED) is 0.680. The summed E-state index contributed by atoms with van der Waals surface area (Å²) in [6.07, 6.45) is 0. The second-order valence-corrected chi connectivity index (χ2v) is 4.61. The monoisotopic (exact) mass is 287 g/mol. The first-order valence-electron chi connectivity index (χ1n) is 5.89. The Morgan fingerprint density at radius 3 is 2.85 bits per heavy atom. The third-order valence-corrected chi connectivity index (χ3v) is 3.15. The number of hydrogen-bond donors (Lipinski definition) is 0. The average Bonchev–Trinajstić information content (AvgIpc) is 2.89. The Morgan fingerprint density at radius 2 is 2.10 bits per heavy atom. The van der Waals surface area contributed by atoms with Gasteiger partial charge in [-0.25, -0.2) is 9.48 Å². The molecule has 0 aliphatic rings. The zero-order chi connectivity index (χ0) is 14.1. The molecule has 0 saturated carbocycles. The fourth-order valence-electron chi connectivity index (χ4n) is 1.97. The molecule has 0 unspecified atom stereocenters. The lowest BCUT2D eigenvalue weighted by atomic mass is 10.2. The van der Waals surface area contributed by atoms with E-state index in [1.165, 1.54) is 7.11 Å². The fourth-order valence-corrected chi connectivity index (χ4v) is 2.15. The van der Waals surface area contributed by atoms with E-state index in [1.807, 2.05) is 12.1 Å². The van der Waals surface area contributed by atoms with Crippen LogP contribution in [0.15, 0.2) is 42.5 Å². The van der Waals surface area contributed by atoms with Gasteiger partial charge in [-0.1, -0.05) is 22.9 Å². The number of fused-ring (bicyclic) bond motifs is 1. The molecule has 0 aliphatic carbocycles. The Kier molecular flexibility index (Phi) is 3.12. The second kappa shape index (κ2) is 4.94. The van der Waals surface area contributed by atoms with Gasteiger partial charge in [-0.15, -0.1) is 5.10 Å². The van der Waals surface area contributed by atoms with E-state index in [4.69, 9.17) is 11.6 Å². The summed E-state index contributed by atoms with van der Waals surface area (Å²) in [4.78, 5) is 11.5. The molecule has 1 heterocycles. The van der Waals surface area contributed by atoms with Crippen molar-refractivity contribution in [2.75, 3.05) is 7.11 Å². The largest absolute Gasteiger partial charge is 0.465 e. The Morgan fingerprint density at radius 1 is 1.25 bits per heavy atom. The number of esters is 1. The van der Waals surface area contributed by atoms with E-state index in [-0.39, 0.29) is 0 Å². The van der Waals surface area contributed by atoms with Crippen LogP contribution in [0.2, 0.25) is 5.02 Å². The minimum Gasteiger partial charge on any atom is -0.465 e. The second-order valence-electron chi connectivity index (χ2n) is 4.18. The number of carbonyl (C=O) groups is 1. The maximum atomic E-state index is 11.5. The van der Waals surface area contributed by atoms with Gasteiger partial charge >= 0.3 is 5.97 Å². The molecule has 5 nitrogen and oxygen atoms in total. The SMILES string of the molecule is COC(=O)c1ccc2c(c1)nnn2-c1cccc(Cl)c1. The number of ether oxygens (including phenoxy) is 1. The first-order valence-corrected chi connectivity index (χ1v) is 6.26. The van der Waals surface area contributed by atoms with Crippen LogP contribution < -0.4 is 0 Å². The predicted octanol–water partition coefficient (Wildman–Crippen LogP) is 2.86. The Hall–Kier alpha value is -2.40. The van der Waals surface area contributed by atoms with Crippen molar-refractivity contribution < 1.29 is 9.53 Å². The smallest absolute Gasteiger partial charge is 0.337 e. The molecule has 0 radical (unpaired) electrons. The van der Waals surface area contributed by atoms with Crippen LogP contribution in [0.1, 0.15) is 10.4 Å². The van der Waals surface area contributed by atoms with Crippen molar-refractivity contribution in [2.45, 2.75) is 0 Å². The van der Waals surface area contributed by atoms with E-state index in [0.717, 1.165) is 11.2 Å². The zero-order valence-corrected chi connectivity index (χ0v) is 11.3. The standard InChI is InChI=1S/C14H10ClN3O2/c1-20-14(19)9-5-6-13-12(7-9)16-17-18(13)11-4-2-3-10(15)8-11/h2-8H,1H3. The van der Waals surface area contributed by atoms with Gasteiger partial charge in [0.05, 0.1) is 23.9 Å². The Bertz CT molecular complexity index is 798. The van der Waals surface area contributed by atoms with Gasteiger partial charge in [0.15, 0.2) is 0 Å². The van der Waals surface area contributed by atoms with Crippen LogP contribution in [0.5, 0.6) is 0 Å². The van der Waals surface area contributed by atoms with Gasteiger partial charge < -0.3 is 4.74 Å². The summed E-state index contributed by atoms with van der Waals surface area (Å²) >= 11 is 5.98. The third kappa shape index (κ3) is 2.12. The molecular weight excluding hydrogens is 278 g/mol. The van der Waals surface area contributed by atoms with Gasteiger partial charge in [-0.2, -0.15) is 0 Å². The summed E-state index contributed by atoms with van der Waals surface area (Å²) in [5, 5.41) is 8.78. The van der Waals surface area contributed by atoms with Gasteiger partial charge in [0, 0.05) is 5.02 Å². The summed E-state index contributed by atoms with van der Waals surface area (Å²) in [7, 11) is 1.34. The number of rotatable bonds is 2. The molecule has 0 fully saturated rings. The lowest BCUT2D eigenvalue weighted by Gasteiger charge is -2.03. The highest BCUT2D eigenvalue weighted by Gasteiger charge is 2.11. The number of aromatic nitrogens is 3. The van der Waals surface area contributed by atoms with Crippen molar-refractivity contribution in [3.8, 4) is 5.69 Å². The third-order valence-electron chi connectivity index (χ3n) is 2.92. The highest BCUT2D eigenvalue weighted by molar-refractivity contribution is 6.30. The van der Waals surface area contributed by atoms with Gasteiger partial charge in [-0.3, -0.25) is 0 Å². The first-order chi connectivity index (χ1) is 9.69. The molecule has 0 N–H and O–H groups in total. The van der Waals surface area contributed by atoms with Crippen LogP contribution in [0.3, 0.4) is 0 Å². The molecule has 0 amide bonds. The number of carbonyl (C=O) groups excluding carboxylic acids is 1. The van der Waals surface area contributed by atoms with E-state index in [2.05, 4.69) is 15.0 Å². The van der Waals surface area contributed by atoms with E-state index < -0.39 is 5.97 Å². The Labute approximate surface area is 119 Å². The van der Waals surface area contributed by atoms with Gasteiger partial charge in [0.2, 0.25) is 0 Å². The first kappa shape index (κ1) is 12.6. The highest BCUT2D eigenvalue weighted by Crippen LogP contribution is 2.20. The average molecular weight is 288 g/mol. The Balaban J connectivity index is 2.13. The molecule has 2 aromatic carbocycles. The minimum absolute atomic E-state index is 0.399. The summed E-state index contributed by atoms with van der Waals surface area (Å²) in [5.41, 5.74) is 2.66. The van der Waals surface area contributed by atoms with Crippen LogP contribution in [-0.4, -0.2) is 28.1 Å². The number of nitrogens with zero attached hydrogens (tertiary/aromatic N) is 3. The van der Waals surface area contributed by atoms with Crippen molar-refractivity contribution in [2.24, 2.45) is 0 Å². The molecule has 20 heavy (non-hydrogen) atoms. The summed E-state index contributed by atoms with van der Waals surface area (Å²) in [5.74, 6) is -0.399. The predicted molar refractivity (Wildman–Crippen MR) is 75.2 cm³/mol. The summed E-state index contributed by atoms with van der Waals surface area (Å²) in [6.45, 7) is 0. The zero-order valence-electron chi connectivity index (χ0n) is 10.6. The van der Waals surface area contributed by atoms with Crippen molar-refractivity contribution in [1.29, 1.82) is 0 Å². The van der Waals surface area contributed by atoms with Crippen molar-refractivity contribution in [3.63, 3.8) is 0 Å². The van der Waals surface area contributed by atoms with Crippen LogP contribution in [0.25, 0.3) is 16.7 Å². The van der Waals surface area contributed by atoms with Crippen molar-refractivity contribution >= 4 is 28.6 Å². The maximum Gasteiger partial charge on any atom is 0.337 e. The van der Waals surface area contributed by atoms with Gasteiger partial charge in [-0.05, 0) is 36.4 Å². The molecule has 100 valence electrons. The molecule has 6 heteroatoms. The lowest BCUT2D eigenvalue weighted by Crippen LogP contribution is -2.01. The van der Waals surface area contributed by atoms with E-state index >= 15 is 0 Å². The molecule has 0 atom stereocenters. The van der Waals surface area contributed by atoms with Crippen molar-refractivity contribution in [1.82, 2.24) is 15.0 Å². The minimum atomic E-state index is -0.399. The normalized spacial score (nSPS) is 10.7. The summed E-state index contributed by atoms with van der Waals surface area (Å²) in [6, 6.07) is 12.4. The van der Waals surface area contributed by atoms with E-state index in [1.54, 1.807) is 35.0 Å². The molecule has 0 bridgehead atoms. The van der Waals surface area contributed by atoms with Crippen molar-refractivity contribution in [3.05, 3.63) is 53.1 Å². The molecule has 0 spiro atoms. The van der Waals surface area contributed by atoms with Gasteiger partial charge in [0.1, 0.15) is 5.52 Å². The molecule has 3 rings (SSSR count). The number of hydrogen-bond acceptors (Lipinski definition) is 4. The van der Waals surface area contributed by atoms with E-state index in [0.29, 0.717) is 16.1 Å².